The van der Waals surface area contributed by atoms with Crippen LogP contribution in [0.4, 0.5) is 5.95 Å². The Bertz CT molecular complexity index is 1380. The standard InChI is InChI=1S/C15H24N5O14P3S2/c1-38-39-4-2-3-10(22)17-15-18-13-12(14(23)19-15)16-7-20(13)11-5-8(21)9(32-11)6-31-36(27,28)34-37(29,30)33-35(24,25)26/h7-9,11,21H,2-6H2,1H3,(H,27,28)(H,29,30)(H2,24,25,26)(H2,17,18,19,22,23)/p-1/t8?,9-,11-/m1/s1. The number of aromatic nitrogens is 4. The molecule has 3 heterocycles. The predicted octanol–water partition coefficient (Wildman–Crippen LogP) is 0.209. The highest BCUT2D eigenvalue weighted by atomic mass is 33.1. The largest absolute Gasteiger partial charge is 0.756 e. The number of aliphatic hydroxyl groups excluding tert-OH is 1. The molecule has 5 atom stereocenters. The summed E-state index contributed by atoms with van der Waals surface area (Å²) >= 11 is 0. The van der Waals surface area contributed by atoms with Gasteiger partial charge in [-0.3, -0.25) is 29.0 Å². The second-order valence-corrected chi connectivity index (χ2v) is 14.7. The van der Waals surface area contributed by atoms with Gasteiger partial charge in [0.1, 0.15) is 12.3 Å². The van der Waals surface area contributed by atoms with E-state index in [4.69, 9.17) is 14.5 Å². The number of hydrogen-bond donors (Lipinski definition) is 6. The third kappa shape index (κ3) is 9.72. The van der Waals surface area contributed by atoms with Gasteiger partial charge in [0.2, 0.25) is 11.9 Å². The molecule has 2 aromatic heterocycles. The molecule has 0 aliphatic carbocycles. The second kappa shape index (κ2) is 13.2. The maximum Gasteiger partial charge on any atom is 0.487 e. The average Bonchev–Trinajstić information content (AvgIpc) is 3.36. The lowest BCUT2D eigenvalue weighted by molar-refractivity contribution is -0.221. The Hall–Kier alpha value is -1.15. The summed E-state index contributed by atoms with van der Waals surface area (Å²) in [6.07, 6.45) is 0.00833. The van der Waals surface area contributed by atoms with E-state index < -0.39 is 54.1 Å². The fourth-order valence-electron chi connectivity index (χ4n) is 3.27. The van der Waals surface area contributed by atoms with Crippen molar-refractivity contribution in [2.75, 3.05) is 23.9 Å². The Labute approximate surface area is 226 Å². The monoisotopic (exact) mass is 654 g/mol. The number of aliphatic hydroxyl groups is 1. The Morgan fingerprint density at radius 2 is 2.05 bits per heavy atom. The van der Waals surface area contributed by atoms with Gasteiger partial charge in [-0.1, -0.05) is 21.6 Å². The van der Waals surface area contributed by atoms with Crippen LogP contribution < -0.4 is 15.8 Å². The van der Waals surface area contributed by atoms with Crippen LogP contribution in [0, 0.1) is 0 Å². The number of phosphoric ester groups is 1. The summed E-state index contributed by atoms with van der Waals surface area (Å²) in [7, 11) is -13.9. The summed E-state index contributed by atoms with van der Waals surface area (Å²) in [5, 5.41) is 12.8. The molecule has 1 amide bonds. The van der Waals surface area contributed by atoms with Crippen molar-refractivity contribution in [1.29, 1.82) is 0 Å². The molecule has 19 nitrogen and oxygen atoms in total. The highest BCUT2D eigenvalue weighted by Gasteiger charge is 2.39. The lowest BCUT2D eigenvalue weighted by atomic mass is 10.2. The van der Waals surface area contributed by atoms with Crippen molar-refractivity contribution in [3.8, 4) is 0 Å². The zero-order valence-corrected chi connectivity index (χ0v) is 24.0. The van der Waals surface area contributed by atoms with Crippen LogP contribution in [0.5, 0.6) is 0 Å². The summed E-state index contributed by atoms with van der Waals surface area (Å²) in [6.45, 7) is -0.939. The van der Waals surface area contributed by atoms with E-state index in [0.29, 0.717) is 6.42 Å². The molecule has 0 spiro atoms. The molecule has 24 heteroatoms. The van der Waals surface area contributed by atoms with E-state index in [-0.39, 0.29) is 35.9 Å². The molecule has 0 aromatic carbocycles. The van der Waals surface area contributed by atoms with Gasteiger partial charge in [-0.15, -0.1) is 0 Å². The zero-order valence-electron chi connectivity index (χ0n) is 19.7. The molecule has 1 saturated heterocycles. The van der Waals surface area contributed by atoms with E-state index in [1.165, 1.54) is 10.9 Å². The van der Waals surface area contributed by atoms with Gasteiger partial charge in [0, 0.05) is 18.6 Å². The van der Waals surface area contributed by atoms with Crippen LogP contribution in [0.1, 0.15) is 25.5 Å². The molecule has 3 rings (SSSR count). The molecule has 6 N–H and O–H groups in total. The average molecular weight is 654 g/mol. The minimum absolute atomic E-state index is 0.0145. The van der Waals surface area contributed by atoms with Crippen LogP contribution >= 0.6 is 45.1 Å². The number of ether oxygens (including phenoxy) is 1. The van der Waals surface area contributed by atoms with Crippen LogP contribution in [-0.4, -0.2) is 76.0 Å². The maximum atomic E-state index is 12.4. The highest BCUT2D eigenvalue weighted by Crippen LogP contribution is 2.65. The number of rotatable bonds is 14. The fourth-order valence-corrected chi connectivity index (χ4v) is 7.54. The Kier molecular flexibility index (Phi) is 11.0. The van der Waals surface area contributed by atoms with Crippen molar-refractivity contribution in [1.82, 2.24) is 19.5 Å². The molecule has 1 fully saturated rings. The SMILES string of the molecule is CSSCCCC(=O)Nc1nc2c(ncn2[C@H]2CC(O)[C@@H](COP(=O)([O-])OP(=O)(O)OP(=O)(O)O)O2)c(=O)[nH]1. The summed E-state index contributed by atoms with van der Waals surface area (Å²) in [5.41, 5.74) is -0.788. The van der Waals surface area contributed by atoms with Crippen molar-refractivity contribution in [3.05, 3.63) is 16.7 Å². The topological polar surface area (TPSA) is 285 Å². The first-order valence-electron chi connectivity index (χ1n) is 10.6. The van der Waals surface area contributed by atoms with Crippen LogP contribution in [-0.2, 0) is 36.4 Å². The van der Waals surface area contributed by atoms with Crippen molar-refractivity contribution >= 4 is 68.1 Å². The van der Waals surface area contributed by atoms with Crippen LogP contribution in [0.2, 0.25) is 0 Å². The number of amides is 1. The van der Waals surface area contributed by atoms with E-state index in [0.717, 1.165) is 5.75 Å². The Morgan fingerprint density at radius 3 is 2.72 bits per heavy atom. The molecule has 1 aliphatic heterocycles. The molecule has 0 saturated carbocycles. The number of nitrogens with zero attached hydrogens (tertiary/aromatic N) is 3. The second-order valence-electron chi connectivity index (χ2n) is 7.68. The lowest BCUT2D eigenvalue weighted by Gasteiger charge is -2.26. The number of fused-ring (bicyclic) bond motifs is 1. The first-order valence-corrected chi connectivity index (χ1v) is 17.8. The van der Waals surface area contributed by atoms with Gasteiger partial charge in [0.15, 0.2) is 11.2 Å². The number of phosphoric acid groups is 3. The quantitative estimate of drug-likeness (QED) is 0.0901. The van der Waals surface area contributed by atoms with E-state index in [2.05, 4.69) is 33.4 Å². The number of imidazole rings is 1. The van der Waals surface area contributed by atoms with Crippen LogP contribution in [0.3, 0.4) is 0 Å². The van der Waals surface area contributed by atoms with E-state index in [9.17, 15) is 38.2 Å². The summed E-state index contributed by atoms with van der Waals surface area (Å²) in [4.78, 5) is 73.2. The van der Waals surface area contributed by atoms with Crippen molar-refractivity contribution < 1.29 is 61.1 Å². The number of anilines is 1. The number of aromatic amines is 1. The minimum atomic E-state index is -5.77. The van der Waals surface area contributed by atoms with Gasteiger partial charge in [-0.2, -0.15) is 9.29 Å². The highest BCUT2D eigenvalue weighted by molar-refractivity contribution is 8.76. The minimum Gasteiger partial charge on any atom is -0.756 e. The maximum absolute atomic E-state index is 12.4. The molecule has 0 bridgehead atoms. The number of hydrogen-bond acceptors (Lipinski definition) is 15. The first-order chi connectivity index (χ1) is 18.1. The van der Waals surface area contributed by atoms with E-state index in [1.807, 2.05) is 6.26 Å². The summed E-state index contributed by atoms with van der Waals surface area (Å²) in [6, 6.07) is 0. The van der Waals surface area contributed by atoms with E-state index >= 15 is 0 Å². The molecule has 1 aliphatic rings. The molecule has 0 radical (unpaired) electrons. The fraction of sp³-hybridized carbons (Fsp3) is 0.600. The van der Waals surface area contributed by atoms with Crippen LogP contribution in [0.15, 0.2) is 11.1 Å². The van der Waals surface area contributed by atoms with Crippen molar-refractivity contribution in [2.24, 2.45) is 0 Å². The van der Waals surface area contributed by atoms with Gasteiger partial charge in [-0.25, -0.2) is 18.4 Å². The third-order valence-electron chi connectivity index (χ3n) is 4.76. The summed E-state index contributed by atoms with van der Waals surface area (Å²) < 4.78 is 52.2. The van der Waals surface area contributed by atoms with Crippen molar-refractivity contribution in [2.45, 2.75) is 37.7 Å². The van der Waals surface area contributed by atoms with Gasteiger partial charge in [0.05, 0.1) is 19.0 Å². The van der Waals surface area contributed by atoms with Gasteiger partial charge >= 0.3 is 15.6 Å². The molecular weight excluding hydrogens is 631 g/mol. The van der Waals surface area contributed by atoms with Gasteiger partial charge < -0.3 is 33.9 Å². The van der Waals surface area contributed by atoms with E-state index in [1.54, 1.807) is 21.6 Å². The Balaban J connectivity index is 1.66. The van der Waals surface area contributed by atoms with Gasteiger partial charge in [0.25, 0.3) is 13.4 Å². The number of carbonyl (C=O) groups excluding carboxylic acids is 1. The first kappa shape index (κ1) is 32.4. The number of nitrogens with one attached hydrogen (secondary N) is 2. The molecule has 220 valence electrons. The summed E-state index contributed by atoms with van der Waals surface area (Å²) in [5.74, 6) is 0.230. The molecular formula is C15H23N5O14P3S2-. The lowest BCUT2D eigenvalue weighted by Crippen LogP contribution is -2.27. The molecule has 3 unspecified atom stereocenters. The third-order valence-corrected chi connectivity index (χ3v) is 10.4. The number of carbonyl (C=O) groups is 1. The Morgan fingerprint density at radius 1 is 1.33 bits per heavy atom. The number of H-pyrrole nitrogens is 1. The smallest absolute Gasteiger partial charge is 0.487 e. The normalized spacial score (nSPS) is 23.0. The van der Waals surface area contributed by atoms with Crippen LogP contribution in [0.25, 0.3) is 11.2 Å². The molecule has 39 heavy (non-hydrogen) atoms. The molecule has 2 aromatic rings. The predicted molar refractivity (Wildman–Crippen MR) is 134 cm³/mol. The van der Waals surface area contributed by atoms with Gasteiger partial charge in [-0.05, 0) is 12.7 Å². The zero-order chi connectivity index (χ0) is 29.0. The van der Waals surface area contributed by atoms with Crippen molar-refractivity contribution in [3.63, 3.8) is 0 Å².